The Morgan fingerprint density at radius 2 is 2.04 bits per heavy atom. The SMILES string of the molecule is CC(=O)N1CCC[C@H]1c1cc(-c2cccc(C(=O)O)c2)nc(C)n1. The van der Waals surface area contributed by atoms with Crippen molar-refractivity contribution in [3.63, 3.8) is 0 Å². The second-order valence-corrected chi connectivity index (χ2v) is 5.98. The molecule has 1 saturated heterocycles. The summed E-state index contributed by atoms with van der Waals surface area (Å²) in [6.45, 7) is 4.12. The fourth-order valence-electron chi connectivity index (χ4n) is 3.17. The van der Waals surface area contributed by atoms with Gasteiger partial charge < -0.3 is 10.0 Å². The van der Waals surface area contributed by atoms with Crippen molar-refractivity contribution < 1.29 is 14.7 Å². The van der Waals surface area contributed by atoms with Crippen LogP contribution in [0.4, 0.5) is 0 Å². The number of carboxylic acid groups (broad SMARTS) is 1. The molecule has 6 nitrogen and oxygen atoms in total. The monoisotopic (exact) mass is 325 g/mol. The zero-order valence-corrected chi connectivity index (χ0v) is 13.7. The van der Waals surface area contributed by atoms with Crippen LogP contribution in [0.5, 0.6) is 0 Å². The summed E-state index contributed by atoms with van der Waals surface area (Å²) in [5.41, 5.74) is 2.44. The smallest absolute Gasteiger partial charge is 0.335 e. The zero-order valence-electron chi connectivity index (χ0n) is 13.7. The maximum Gasteiger partial charge on any atom is 0.335 e. The number of amides is 1. The molecule has 0 aliphatic carbocycles. The number of benzene rings is 1. The van der Waals surface area contributed by atoms with Gasteiger partial charge in [0.15, 0.2) is 0 Å². The molecule has 1 amide bonds. The van der Waals surface area contributed by atoms with Crippen LogP contribution in [-0.4, -0.2) is 38.4 Å². The van der Waals surface area contributed by atoms with E-state index in [9.17, 15) is 9.59 Å². The van der Waals surface area contributed by atoms with E-state index in [0.717, 1.165) is 30.6 Å². The second kappa shape index (κ2) is 6.39. The summed E-state index contributed by atoms with van der Waals surface area (Å²) < 4.78 is 0. The minimum absolute atomic E-state index is 0.0365. The van der Waals surface area contributed by atoms with Crippen molar-refractivity contribution in [1.29, 1.82) is 0 Å². The number of aryl methyl sites for hydroxylation is 1. The van der Waals surface area contributed by atoms with Gasteiger partial charge in [0.05, 0.1) is 23.0 Å². The third kappa shape index (κ3) is 3.13. The van der Waals surface area contributed by atoms with Crippen molar-refractivity contribution in [2.45, 2.75) is 32.7 Å². The predicted octanol–water partition coefficient (Wildman–Crippen LogP) is 2.83. The van der Waals surface area contributed by atoms with E-state index >= 15 is 0 Å². The molecule has 1 aromatic heterocycles. The van der Waals surface area contributed by atoms with E-state index in [-0.39, 0.29) is 17.5 Å². The first-order valence-corrected chi connectivity index (χ1v) is 7.92. The van der Waals surface area contributed by atoms with Gasteiger partial charge in [0.25, 0.3) is 0 Å². The highest BCUT2D eigenvalue weighted by atomic mass is 16.4. The zero-order chi connectivity index (χ0) is 17.3. The van der Waals surface area contributed by atoms with Gasteiger partial charge in [-0.3, -0.25) is 4.79 Å². The molecule has 1 atom stereocenters. The lowest BCUT2D eigenvalue weighted by Crippen LogP contribution is -2.28. The topological polar surface area (TPSA) is 83.4 Å². The van der Waals surface area contributed by atoms with Crippen molar-refractivity contribution in [2.75, 3.05) is 6.54 Å². The fourth-order valence-corrected chi connectivity index (χ4v) is 3.17. The molecule has 0 bridgehead atoms. The van der Waals surface area contributed by atoms with Crippen molar-refractivity contribution in [3.05, 3.63) is 47.4 Å². The van der Waals surface area contributed by atoms with Crippen LogP contribution in [0.3, 0.4) is 0 Å². The van der Waals surface area contributed by atoms with Gasteiger partial charge in [-0.2, -0.15) is 0 Å². The van der Waals surface area contributed by atoms with Gasteiger partial charge in [-0.1, -0.05) is 12.1 Å². The highest BCUT2D eigenvalue weighted by Gasteiger charge is 2.29. The number of carbonyl (C=O) groups is 2. The maximum atomic E-state index is 11.8. The normalized spacial score (nSPS) is 17.1. The van der Waals surface area contributed by atoms with Gasteiger partial charge in [-0.25, -0.2) is 14.8 Å². The summed E-state index contributed by atoms with van der Waals surface area (Å²) in [4.78, 5) is 33.8. The third-order valence-corrected chi connectivity index (χ3v) is 4.26. The second-order valence-electron chi connectivity index (χ2n) is 5.98. The number of hydrogen-bond acceptors (Lipinski definition) is 4. The molecule has 2 aromatic rings. The summed E-state index contributed by atoms with van der Waals surface area (Å²) in [6, 6.07) is 8.51. The van der Waals surface area contributed by atoms with E-state index in [4.69, 9.17) is 5.11 Å². The Labute approximate surface area is 140 Å². The van der Waals surface area contributed by atoms with Crippen molar-refractivity contribution >= 4 is 11.9 Å². The molecule has 1 N–H and O–H groups in total. The number of rotatable bonds is 3. The summed E-state index contributed by atoms with van der Waals surface area (Å²) in [5.74, 6) is -0.316. The first-order chi connectivity index (χ1) is 11.5. The van der Waals surface area contributed by atoms with Crippen LogP contribution in [-0.2, 0) is 4.79 Å². The van der Waals surface area contributed by atoms with Crippen LogP contribution < -0.4 is 0 Å². The van der Waals surface area contributed by atoms with Crippen LogP contribution in [0.15, 0.2) is 30.3 Å². The number of carboxylic acids is 1. The molecule has 0 spiro atoms. The van der Waals surface area contributed by atoms with Gasteiger partial charge >= 0.3 is 5.97 Å². The van der Waals surface area contributed by atoms with Gasteiger partial charge in [-0.15, -0.1) is 0 Å². The van der Waals surface area contributed by atoms with E-state index in [0.29, 0.717) is 11.5 Å². The van der Waals surface area contributed by atoms with Crippen LogP contribution in [0.2, 0.25) is 0 Å². The first-order valence-electron chi connectivity index (χ1n) is 7.92. The average Bonchev–Trinajstić information content (AvgIpc) is 3.04. The highest BCUT2D eigenvalue weighted by molar-refractivity contribution is 5.89. The lowest BCUT2D eigenvalue weighted by atomic mass is 10.0. The summed E-state index contributed by atoms with van der Waals surface area (Å²) in [7, 11) is 0. The standard InChI is InChI=1S/C18H19N3O3/c1-11-19-15(13-5-3-6-14(9-13)18(23)24)10-16(20-11)17-7-4-8-21(17)12(2)22/h3,5-6,9-10,17H,4,7-8H2,1-2H3,(H,23,24)/t17-/m0/s1. The number of nitrogens with zero attached hydrogens (tertiary/aromatic N) is 3. The van der Waals surface area contributed by atoms with Crippen LogP contribution >= 0.6 is 0 Å². The van der Waals surface area contributed by atoms with Gasteiger partial charge in [-0.05, 0) is 38.0 Å². The van der Waals surface area contributed by atoms with Crippen LogP contribution in [0.1, 0.15) is 47.7 Å². The number of carbonyl (C=O) groups excluding carboxylic acids is 1. The molecule has 124 valence electrons. The van der Waals surface area contributed by atoms with Gasteiger partial charge in [0.2, 0.25) is 5.91 Å². The molecule has 0 unspecified atom stereocenters. The van der Waals surface area contributed by atoms with Crippen molar-refractivity contribution in [3.8, 4) is 11.3 Å². The Balaban J connectivity index is 2.02. The molecule has 0 radical (unpaired) electrons. The molecule has 1 fully saturated rings. The minimum atomic E-state index is -0.971. The summed E-state index contributed by atoms with van der Waals surface area (Å²) >= 11 is 0. The lowest BCUT2D eigenvalue weighted by Gasteiger charge is -2.23. The van der Waals surface area contributed by atoms with Gasteiger partial charge in [0.1, 0.15) is 5.82 Å². The largest absolute Gasteiger partial charge is 0.478 e. The molecule has 24 heavy (non-hydrogen) atoms. The van der Waals surface area contributed by atoms with E-state index in [1.807, 2.05) is 17.0 Å². The molecule has 0 saturated carbocycles. The number of aromatic carboxylic acids is 1. The molecule has 1 aliphatic heterocycles. The predicted molar refractivity (Wildman–Crippen MR) is 88.5 cm³/mol. The molecular formula is C18H19N3O3. The Kier molecular flexibility index (Phi) is 4.29. The fraction of sp³-hybridized carbons (Fsp3) is 0.333. The molecule has 1 aromatic carbocycles. The number of hydrogen-bond donors (Lipinski definition) is 1. The summed E-state index contributed by atoms with van der Waals surface area (Å²) in [5, 5.41) is 9.16. The molecule has 3 rings (SSSR count). The average molecular weight is 325 g/mol. The van der Waals surface area contributed by atoms with E-state index < -0.39 is 5.97 Å². The maximum absolute atomic E-state index is 11.8. The Morgan fingerprint density at radius 3 is 2.75 bits per heavy atom. The highest BCUT2D eigenvalue weighted by Crippen LogP contribution is 2.32. The van der Waals surface area contributed by atoms with E-state index in [2.05, 4.69) is 9.97 Å². The number of aromatic nitrogens is 2. The minimum Gasteiger partial charge on any atom is -0.478 e. The van der Waals surface area contributed by atoms with E-state index in [1.165, 1.54) is 0 Å². The van der Waals surface area contributed by atoms with Crippen molar-refractivity contribution in [1.82, 2.24) is 14.9 Å². The van der Waals surface area contributed by atoms with Gasteiger partial charge in [0, 0.05) is 19.0 Å². The first kappa shape index (κ1) is 16.1. The molecular weight excluding hydrogens is 306 g/mol. The van der Waals surface area contributed by atoms with Crippen LogP contribution in [0.25, 0.3) is 11.3 Å². The van der Waals surface area contributed by atoms with Crippen molar-refractivity contribution in [2.24, 2.45) is 0 Å². The van der Waals surface area contributed by atoms with Crippen LogP contribution in [0, 0.1) is 6.92 Å². The molecule has 1 aliphatic rings. The number of likely N-dealkylation sites (tertiary alicyclic amines) is 1. The molecule has 2 heterocycles. The third-order valence-electron chi connectivity index (χ3n) is 4.26. The lowest BCUT2D eigenvalue weighted by molar-refractivity contribution is -0.129. The Morgan fingerprint density at radius 1 is 1.25 bits per heavy atom. The quantitative estimate of drug-likeness (QED) is 0.938. The Bertz CT molecular complexity index is 804. The van der Waals surface area contributed by atoms with E-state index in [1.54, 1.807) is 32.0 Å². The molecule has 6 heteroatoms. The Hall–Kier alpha value is -2.76. The summed E-state index contributed by atoms with van der Waals surface area (Å²) in [6.07, 6.45) is 1.84.